The van der Waals surface area contributed by atoms with Crippen LogP contribution in [0.3, 0.4) is 0 Å². The number of furan rings is 1. The van der Waals surface area contributed by atoms with E-state index >= 15 is 0 Å². The molecule has 2 N–H and O–H groups in total. The second-order valence-corrected chi connectivity index (χ2v) is 11.0. The summed E-state index contributed by atoms with van der Waals surface area (Å²) in [7, 11) is 0. The van der Waals surface area contributed by atoms with E-state index in [1.165, 1.54) is 0 Å². The Bertz CT molecular complexity index is 1430. The maximum atomic E-state index is 12.6. The summed E-state index contributed by atoms with van der Waals surface area (Å²) in [6.07, 6.45) is 7.20. The number of nitrogens with zero attached hydrogens (tertiary/aromatic N) is 1. The van der Waals surface area contributed by atoms with E-state index in [2.05, 4.69) is 21.6 Å². The minimum absolute atomic E-state index is 0.0975. The first-order chi connectivity index (χ1) is 19.1. The Hall–Kier alpha value is -3.48. The summed E-state index contributed by atoms with van der Waals surface area (Å²) in [4.78, 5) is 15.2. The zero-order valence-electron chi connectivity index (χ0n) is 22.0. The van der Waals surface area contributed by atoms with E-state index in [1.54, 1.807) is 6.26 Å². The third kappa shape index (κ3) is 5.92. The van der Waals surface area contributed by atoms with Crippen molar-refractivity contribution in [3.8, 4) is 16.9 Å². The Balaban J connectivity index is 0.900. The number of amides is 1. The van der Waals surface area contributed by atoms with E-state index in [4.69, 9.17) is 20.8 Å². The molecule has 0 radical (unpaired) electrons. The van der Waals surface area contributed by atoms with Crippen LogP contribution in [0.1, 0.15) is 32.1 Å². The van der Waals surface area contributed by atoms with Gasteiger partial charge in [-0.2, -0.15) is 0 Å². The van der Waals surface area contributed by atoms with Gasteiger partial charge in [0.25, 0.3) is 0 Å². The van der Waals surface area contributed by atoms with E-state index in [1.807, 2.05) is 60.7 Å². The molecule has 0 bridgehead atoms. The van der Waals surface area contributed by atoms with E-state index in [0.717, 1.165) is 96.0 Å². The molecule has 202 valence electrons. The van der Waals surface area contributed by atoms with Gasteiger partial charge in [-0.15, -0.1) is 0 Å². The number of halogens is 1. The smallest absolute Gasteiger partial charge is 0.247 e. The van der Waals surface area contributed by atoms with E-state index < -0.39 is 0 Å². The molecular formula is C32H34ClN3O3. The molecule has 0 saturated carbocycles. The summed E-state index contributed by atoms with van der Waals surface area (Å²) in [6, 6.07) is 21.6. The largest absolute Gasteiger partial charge is 0.493 e. The Labute approximate surface area is 234 Å². The lowest BCUT2D eigenvalue weighted by atomic mass is 9.87. The highest BCUT2D eigenvalue weighted by Gasteiger charge is 2.34. The van der Waals surface area contributed by atoms with E-state index in [9.17, 15) is 4.79 Å². The minimum Gasteiger partial charge on any atom is -0.493 e. The number of hydrogen-bond acceptors (Lipinski definition) is 5. The van der Waals surface area contributed by atoms with Crippen molar-refractivity contribution < 1.29 is 13.9 Å². The van der Waals surface area contributed by atoms with Crippen LogP contribution in [0.2, 0.25) is 5.02 Å². The maximum Gasteiger partial charge on any atom is 0.247 e. The summed E-state index contributed by atoms with van der Waals surface area (Å²) in [5.41, 5.74) is 4.87. The molecule has 0 spiro atoms. The van der Waals surface area contributed by atoms with Crippen molar-refractivity contribution in [3.63, 3.8) is 0 Å². The van der Waals surface area contributed by atoms with Gasteiger partial charge in [-0.3, -0.25) is 4.79 Å². The van der Waals surface area contributed by atoms with E-state index in [-0.39, 0.29) is 11.9 Å². The number of anilines is 2. The topological polar surface area (TPSA) is 66.7 Å². The van der Waals surface area contributed by atoms with Gasteiger partial charge < -0.3 is 24.7 Å². The van der Waals surface area contributed by atoms with Crippen molar-refractivity contribution >= 4 is 39.9 Å². The standard InChI is InChI=1S/C32H34ClN3O3/c33-24-10-8-22(9-11-24)27-21-39-30-20-25(12-13-26(27)30)38-19-5-1-4-16-36-17-14-23(15-18-36)31-32(37)35-29-7-3-2-6-28(29)34-31/h2-3,6-13,20-21,23,31,34H,1,4-5,14-19H2,(H,35,37). The van der Waals surface area contributed by atoms with Gasteiger partial charge in [0, 0.05) is 22.0 Å². The van der Waals surface area contributed by atoms with Crippen molar-refractivity contribution in [2.45, 2.75) is 38.1 Å². The van der Waals surface area contributed by atoms with Crippen molar-refractivity contribution in [2.24, 2.45) is 5.92 Å². The first kappa shape index (κ1) is 25.8. The molecule has 0 aliphatic carbocycles. The molecule has 6 rings (SSSR count). The fraction of sp³-hybridized carbons (Fsp3) is 0.344. The van der Waals surface area contributed by atoms with Crippen molar-refractivity contribution in [1.29, 1.82) is 0 Å². The summed E-state index contributed by atoms with van der Waals surface area (Å²) < 4.78 is 11.8. The van der Waals surface area contributed by atoms with Crippen LogP contribution in [0, 0.1) is 5.92 Å². The highest BCUT2D eigenvalue weighted by atomic mass is 35.5. The number of benzene rings is 3. The molecule has 1 aromatic heterocycles. The molecule has 2 aliphatic heterocycles. The van der Waals surface area contributed by atoms with Crippen LogP contribution in [0.4, 0.5) is 11.4 Å². The molecule has 39 heavy (non-hydrogen) atoms. The Kier molecular flexibility index (Phi) is 7.75. The number of para-hydroxylation sites is 2. The predicted octanol–water partition coefficient (Wildman–Crippen LogP) is 7.45. The highest BCUT2D eigenvalue weighted by molar-refractivity contribution is 6.30. The predicted molar refractivity (Wildman–Crippen MR) is 158 cm³/mol. The molecule has 3 heterocycles. The molecular weight excluding hydrogens is 510 g/mol. The van der Waals surface area contributed by atoms with Gasteiger partial charge in [-0.05, 0) is 99.6 Å². The van der Waals surface area contributed by atoms with Gasteiger partial charge in [0.15, 0.2) is 0 Å². The van der Waals surface area contributed by atoms with Gasteiger partial charge in [-0.25, -0.2) is 0 Å². The maximum absolute atomic E-state index is 12.6. The number of rotatable bonds is 9. The lowest BCUT2D eigenvalue weighted by molar-refractivity contribution is -0.118. The number of unbranched alkanes of at least 4 members (excludes halogenated alkanes) is 2. The van der Waals surface area contributed by atoms with Crippen LogP contribution in [0.5, 0.6) is 5.75 Å². The molecule has 6 nitrogen and oxygen atoms in total. The Morgan fingerprint density at radius 1 is 0.949 bits per heavy atom. The van der Waals surface area contributed by atoms with E-state index in [0.29, 0.717) is 12.5 Å². The fourth-order valence-corrected chi connectivity index (χ4v) is 5.88. The molecule has 7 heteroatoms. The number of nitrogens with one attached hydrogen (secondary N) is 2. The number of carbonyl (C=O) groups is 1. The molecule has 1 amide bonds. The van der Waals surface area contributed by atoms with Crippen LogP contribution in [-0.4, -0.2) is 43.1 Å². The van der Waals surface area contributed by atoms with Gasteiger partial charge in [0.05, 0.1) is 24.2 Å². The minimum atomic E-state index is -0.136. The van der Waals surface area contributed by atoms with Crippen molar-refractivity contribution in [1.82, 2.24) is 4.90 Å². The summed E-state index contributed by atoms with van der Waals surface area (Å²) in [6.45, 7) is 3.90. The van der Waals surface area contributed by atoms with Crippen molar-refractivity contribution in [2.75, 3.05) is 36.9 Å². The second kappa shape index (κ2) is 11.7. The molecule has 4 aromatic rings. The zero-order valence-corrected chi connectivity index (χ0v) is 22.8. The van der Waals surface area contributed by atoms with Crippen LogP contribution in [0.25, 0.3) is 22.1 Å². The highest BCUT2D eigenvalue weighted by Crippen LogP contribution is 2.34. The summed E-state index contributed by atoms with van der Waals surface area (Å²) in [5, 5.41) is 8.33. The lowest BCUT2D eigenvalue weighted by Gasteiger charge is -2.38. The normalized spacial score (nSPS) is 18.0. The number of ether oxygens (including phenoxy) is 1. The molecule has 1 saturated heterocycles. The number of piperidine rings is 1. The average molecular weight is 544 g/mol. The molecule has 3 aromatic carbocycles. The molecule has 1 atom stereocenters. The first-order valence-corrected chi connectivity index (χ1v) is 14.3. The van der Waals surface area contributed by atoms with Crippen molar-refractivity contribution in [3.05, 3.63) is 78.0 Å². The van der Waals surface area contributed by atoms with Gasteiger partial charge in [0.2, 0.25) is 5.91 Å². The van der Waals surface area contributed by atoms with Crippen LogP contribution >= 0.6 is 11.6 Å². The average Bonchev–Trinajstić information content (AvgIpc) is 3.38. The van der Waals surface area contributed by atoms with Gasteiger partial charge in [-0.1, -0.05) is 35.9 Å². The summed E-state index contributed by atoms with van der Waals surface area (Å²) in [5.74, 6) is 1.31. The number of likely N-dealkylation sites (tertiary alicyclic amines) is 1. The fourth-order valence-electron chi connectivity index (χ4n) is 5.76. The number of hydrogen-bond donors (Lipinski definition) is 2. The van der Waals surface area contributed by atoms with Gasteiger partial charge in [0.1, 0.15) is 17.4 Å². The lowest BCUT2D eigenvalue weighted by Crippen LogP contribution is -2.48. The van der Waals surface area contributed by atoms with Gasteiger partial charge >= 0.3 is 0 Å². The monoisotopic (exact) mass is 543 g/mol. The van der Waals surface area contributed by atoms with Crippen LogP contribution in [-0.2, 0) is 4.79 Å². The Morgan fingerprint density at radius 2 is 1.74 bits per heavy atom. The Morgan fingerprint density at radius 3 is 2.56 bits per heavy atom. The third-order valence-electron chi connectivity index (χ3n) is 7.97. The molecule has 2 aliphatic rings. The van der Waals surface area contributed by atoms with Crippen LogP contribution in [0.15, 0.2) is 77.4 Å². The second-order valence-electron chi connectivity index (χ2n) is 10.6. The third-order valence-corrected chi connectivity index (χ3v) is 8.22. The number of carbonyl (C=O) groups excluding carboxylic acids is 1. The summed E-state index contributed by atoms with van der Waals surface area (Å²) >= 11 is 6.02. The number of fused-ring (bicyclic) bond motifs is 2. The molecule has 1 fully saturated rings. The van der Waals surface area contributed by atoms with Crippen LogP contribution < -0.4 is 15.4 Å². The first-order valence-electron chi connectivity index (χ1n) is 13.9. The SMILES string of the molecule is O=C1Nc2ccccc2NC1C1CCN(CCCCCOc2ccc3c(-c4ccc(Cl)cc4)coc3c2)CC1. The zero-order chi connectivity index (χ0) is 26.6. The molecule has 1 unspecified atom stereocenters. The quantitative estimate of drug-likeness (QED) is 0.215.